The molecule has 2 fully saturated rings. The Morgan fingerprint density at radius 3 is 2.63 bits per heavy atom. The minimum atomic E-state index is -1.31. The Morgan fingerprint density at radius 1 is 1.07 bits per heavy atom. The van der Waals surface area contributed by atoms with Crippen LogP contribution in [0, 0.1) is 0 Å². The highest BCUT2D eigenvalue weighted by Gasteiger charge is 2.47. The van der Waals surface area contributed by atoms with E-state index in [0.717, 1.165) is 25.2 Å². The lowest BCUT2D eigenvalue weighted by Gasteiger charge is -2.26. The molecule has 2 aliphatic rings. The number of imidazole rings is 1. The zero-order valence-electron chi connectivity index (χ0n) is 24.3. The first-order valence-corrected chi connectivity index (χ1v) is 15.0. The van der Waals surface area contributed by atoms with Crippen LogP contribution in [0.4, 0.5) is 11.8 Å². The molecule has 0 saturated carbocycles. The van der Waals surface area contributed by atoms with Gasteiger partial charge in [0.1, 0.15) is 18.9 Å². The number of nitrogens with one attached hydrogen (secondary N) is 1. The lowest BCUT2D eigenvalue weighted by atomic mass is 10.1. The average Bonchev–Trinajstić information content (AvgIpc) is 3.76. The van der Waals surface area contributed by atoms with E-state index in [0.29, 0.717) is 49.0 Å². The summed E-state index contributed by atoms with van der Waals surface area (Å²) >= 11 is 0. The maximum Gasteiger partial charge on any atom is 0.231 e. The number of rotatable bonds is 12. The van der Waals surface area contributed by atoms with Gasteiger partial charge in [0.15, 0.2) is 29.3 Å². The Bertz CT molecular complexity index is 1480. The molecule has 0 unspecified atom stereocenters. The first-order chi connectivity index (χ1) is 21.1. The molecular formula is C28H39N11O4. The third-order valence-corrected chi connectivity index (χ3v) is 8.06. The van der Waals surface area contributed by atoms with E-state index < -0.39 is 24.5 Å². The molecule has 2 saturated heterocycles. The molecule has 6 rings (SSSR count). The van der Waals surface area contributed by atoms with Crippen molar-refractivity contribution in [3.05, 3.63) is 48.0 Å². The van der Waals surface area contributed by atoms with Crippen LogP contribution in [-0.4, -0.2) is 112 Å². The van der Waals surface area contributed by atoms with Gasteiger partial charge in [0, 0.05) is 19.6 Å². The summed E-state index contributed by atoms with van der Waals surface area (Å²) in [6.07, 6.45) is 1.29. The third kappa shape index (κ3) is 6.31. The number of aliphatic hydroxyl groups is 3. The van der Waals surface area contributed by atoms with Crippen molar-refractivity contribution < 1.29 is 20.1 Å². The van der Waals surface area contributed by atoms with Crippen LogP contribution in [0.2, 0.25) is 0 Å². The van der Waals surface area contributed by atoms with Crippen molar-refractivity contribution in [2.75, 3.05) is 49.7 Å². The fourth-order valence-corrected chi connectivity index (χ4v) is 5.62. The number of likely N-dealkylation sites (tertiary alicyclic amines) is 1. The molecule has 15 heteroatoms. The molecule has 5 heterocycles. The van der Waals surface area contributed by atoms with Crippen molar-refractivity contribution in [3.63, 3.8) is 0 Å². The Kier molecular flexibility index (Phi) is 9.04. The Hall–Kier alpha value is -3.76. The van der Waals surface area contributed by atoms with Gasteiger partial charge in [-0.05, 0) is 50.1 Å². The Labute approximate surface area is 249 Å². The molecule has 230 valence electrons. The number of hydrogen-bond donors (Lipinski definition) is 4. The summed E-state index contributed by atoms with van der Waals surface area (Å²) < 4.78 is 7.69. The molecule has 15 nitrogen and oxygen atoms in total. The predicted octanol–water partition coefficient (Wildman–Crippen LogP) is 0.721. The van der Waals surface area contributed by atoms with E-state index in [9.17, 15) is 15.3 Å². The number of aliphatic hydroxyl groups excluding tert-OH is 3. The second kappa shape index (κ2) is 13.3. The number of aromatic nitrogens is 8. The second-order valence-corrected chi connectivity index (χ2v) is 10.9. The molecule has 2 aliphatic heterocycles. The Morgan fingerprint density at radius 2 is 1.88 bits per heavy atom. The van der Waals surface area contributed by atoms with Gasteiger partial charge in [-0.2, -0.15) is 14.8 Å². The van der Waals surface area contributed by atoms with Gasteiger partial charge in [-0.1, -0.05) is 36.8 Å². The number of anilines is 2. The Balaban J connectivity index is 1.30. The number of benzene rings is 1. The molecule has 43 heavy (non-hydrogen) atoms. The van der Waals surface area contributed by atoms with Crippen LogP contribution in [0.15, 0.2) is 36.7 Å². The van der Waals surface area contributed by atoms with E-state index in [-0.39, 0.29) is 12.6 Å². The van der Waals surface area contributed by atoms with Crippen molar-refractivity contribution in [2.24, 2.45) is 0 Å². The molecule has 4 aromatic rings. The number of tetrazole rings is 1. The van der Waals surface area contributed by atoms with Crippen LogP contribution in [0.25, 0.3) is 11.2 Å². The third-order valence-electron chi connectivity index (χ3n) is 8.06. The zero-order chi connectivity index (χ0) is 29.8. The lowest BCUT2D eigenvalue weighted by molar-refractivity contribution is -0.0384. The van der Waals surface area contributed by atoms with E-state index in [1.807, 2.05) is 37.3 Å². The lowest BCUT2D eigenvalue weighted by Crippen LogP contribution is -2.34. The van der Waals surface area contributed by atoms with Crippen molar-refractivity contribution in [3.8, 4) is 0 Å². The fourth-order valence-electron chi connectivity index (χ4n) is 5.62. The highest BCUT2D eigenvalue weighted by atomic mass is 16.6. The van der Waals surface area contributed by atoms with Crippen LogP contribution >= 0.6 is 0 Å². The topological polar surface area (TPSA) is 176 Å². The van der Waals surface area contributed by atoms with Crippen molar-refractivity contribution in [1.82, 2.24) is 44.6 Å². The van der Waals surface area contributed by atoms with Gasteiger partial charge in [0.25, 0.3) is 0 Å². The molecule has 0 amide bonds. The number of piperidine rings is 1. The van der Waals surface area contributed by atoms with Gasteiger partial charge in [-0.15, -0.1) is 10.2 Å². The zero-order valence-corrected chi connectivity index (χ0v) is 24.3. The van der Waals surface area contributed by atoms with Crippen LogP contribution in [-0.2, 0) is 17.7 Å². The first-order valence-electron chi connectivity index (χ1n) is 15.0. The van der Waals surface area contributed by atoms with Crippen molar-refractivity contribution in [1.29, 1.82) is 0 Å². The largest absolute Gasteiger partial charge is 0.387 e. The van der Waals surface area contributed by atoms with E-state index >= 15 is 0 Å². The minimum absolute atomic E-state index is 0.183. The summed E-state index contributed by atoms with van der Waals surface area (Å²) in [5.74, 6) is 1.01. The number of aryl methyl sites for hydroxylation is 1. The van der Waals surface area contributed by atoms with Gasteiger partial charge in [-0.25, -0.2) is 4.98 Å². The number of nitrogens with zero attached hydrogens (tertiary/aromatic N) is 10. The van der Waals surface area contributed by atoms with E-state index in [4.69, 9.17) is 14.7 Å². The predicted molar refractivity (Wildman–Crippen MR) is 157 cm³/mol. The summed E-state index contributed by atoms with van der Waals surface area (Å²) in [5, 5.41) is 47.9. The highest BCUT2D eigenvalue weighted by molar-refractivity contribution is 5.84. The quantitative estimate of drug-likeness (QED) is 0.169. The highest BCUT2D eigenvalue weighted by Crippen LogP contribution is 2.39. The summed E-state index contributed by atoms with van der Waals surface area (Å²) in [6.45, 7) is 6.26. The van der Waals surface area contributed by atoms with Crippen LogP contribution in [0.1, 0.15) is 49.9 Å². The molecule has 0 spiro atoms. The van der Waals surface area contributed by atoms with Crippen molar-refractivity contribution >= 4 is 22.9 Å². The van der Waals surface area contributed by atoms with Crippen molar-refractivity contribution in [2.45, 2.75) is 63.7 Å². The van der Waals surface area contributed by atoms with Gasteiger partial charge < -0.3 is 35.2 Å². The summed E-state index contributed by atoms with van der Waals surface area (Å²) in [4.78, 5) is 19.7. The SMILES string of the molecule is CCn1nnc([C@H]2O[C@@H](n3cnc4c(NCCN5CCCCC5)nc(N(CO)CCc5ccccc5)nc43)[C@H](O)[C@@H]2O)n1. The van der Waals surface area contributed by atoms with E-state index in [1.54, 1.807) is 9.47 Å². The van der Waals surface area contributed by atoms with Gasteiger partial charge >= 0.3 is 0 Å². The summed E-state index contributed by atoms with van der Waals surface area (Å²) in [5.41, 5.74) is 2.01. The summed E-state index contributed by atoms with van der Waals surface area (Å²) in [6, 6.07) is 10.0. The first kappa shape index (κ1) is 29.3. The average molecular weight is 594 g/mol. The molecule has 3 aromatic heterocycles. The molecule has 4 atom stereocenters. The maximum absolute atomic E-state index is 11.1. The minimum Gasteiger partial charge on any atom is -0.387 e. The summed E-state index contributed by atoms with van der Waals surface area (Å²) in [7, 11) is 0. The monoisotopic (exact) mass is 593 g/mol. The van der Waals surface area contributed by atoms with Gasteiger partial charge in [-0.3, -0.25) is 4.57 Å². The van der Waals surface area contributed by atoms with Crippen LogP contribution < -0.4 is 10.2 Å². The fraction of sp³-hybridized carbons (Fsp3) is 0.571. The van der Waals surface area contributed by atoms with E-state index in [2.05, 4.69) is 30.6 Å². The maximum atomic E-state index is 11.1. The second-order valence-electron chi connectivity index (χ2n) is 10.9. The number of fused-ring (bicyclic) bond motifs is 1. The number of hydrogen-bond acceptors (Lipinski definition) is 13. The standard InChI is InChI=1S/C28H39N11O4/c1-2-39-34-25(33-35-39)23-21(41)22(42)27(43-23)38-17-30-20-24(29-12-16-36-13-7-4-8-14-36)31-28(32-26(20)38)37(18-40)15-11-19-9-5-3-6-10-19/h3,5-6,9-10,17,21-23,27,40-42H,2,4,7-8,11-16,18H2,1H3,(H,29,31,32)/t21-,22+,23-,27+/m0/s1. The molecular weight excluding hydrogens is 554 g/mol. The molecule has 4 N–H and O–H groups in total. The van der Waals surface area contributed by atoms with Crippen LogP contribution in [0.5, 0.6) is 0 Å². The van der Waals surface area contributed by atoms with Crippen LogP contribution in [0.3, 0.4) is 0 Å². The molecule has 0 radical (unpaired) electrons. The molecule has 0 bridgehead atoms. The molecule has 0 aliphatic carbocycles. The number of ether oxygens (including phenoxy) is 1. The van der Waals surface area contributed by atoms with Gasteiger partial charge in [0.2, 0.25) is 11.8 Å². The van der Waals surface area contributed by atoms with E-state index in [1.165, 1.54) is 30.4 Å². The smallest absolute Gasteiger partial charge is 0.231 e. The normalized spacial score (nSPS) is 22.8. The molecule has 1 aromatic carbocycles. The van der Waals surface area contributed by atoms with Gasteiger partial charge in [0.05, 0.1) is 12.9 Å².